The van der Waals surface area contributed by atoms with Crippen molar-refractivity contribution in [2.24, 2.45) is 11.7 Å². The van der Waals surface area contributed by atoms with Crippen molar-refractivity contribution < 1.29 is 4.42 Å². The van der Waals surface area contributed by atoms with Crippen molar-refractivity contribution >= 4 is 0 Å². The Morgan fingerprint density at radius 1 is 1.47 bits per heavy atom. The smallest absolute Gasteiger partial charge is 0.122 e. The van der Waals surface area contributed by atoms with Crippen LogP contribution >= 0.6 is 0 Å². The van der Waals surface area contributed by atoms with Crippen LogP contribution in [0.2, 0.25) is 0 Å². The quantitative estimate of drug-likeness (QED) is 0.874. The highest BCUT2D eigenvalue weighted by Gasteiger charge is 2.24. The Hall–Kier alpha value is -0.800. The maximum absolute atomic E-state index is 5.91. The molecule has 1 fully saturated rings. The zero-order valence-electron chi connectivity index (χ0n) is 10.8. The van der Waals surface area contributed by atoms with Gasteiger partial charge in [0.1, 0.15) is 5.76 Å². The molecule has 17 heavy (non-hydrogen) atoms. The van der Waals surface area contributed by atoms with Crippen molar-refractivity contribution in [3.05, 3.63) is 24.2 Å². The van der Waals surface area contributed by atoms with Gasteiger partial charge in [0, 0.05) is 6.54 Å². The second-order valence-corrected chi connectivity index (χ2v) is 5.01. The third-order valence-corrected chi connectivity index (χ3v) is 4.00. The van der Waals surface area contributed by atoms with Crippen LogP contribution in [0.1, 0.15) is 44.4 Å². The largest absolute Gasteiger partial charge is 0.468 e. The van der Waals surface area contributed by atoms with Gasteiger partial charge in [0.2, 0.25) is 0 Å². The standard InChI is InChI=1S/C14H24N2O/c1-2-12-5-3-8-16(9-7-12)13(11-15)14-6-4-10-17-14/h4,6,10,12-13H,2-3,5,7-9,11,15H2,1H3. The third kappa shape index (κ3) is 3.11. The van der Waals surface area contributed by atoms with Crippen molar-refractivity contribution in [2.45, 2.75) is 38.6 Å². The second kappa shape index (κ2) is 6.22. The minimum Gasteiger partial charge on any atom is -0.468 e. The predicted molar refractivity (Wildman–Crippen MR) is 69.7 cm³/mol. The molecule has 0 aromatic carbocycles. The van der Waals surface area contributed by atoms with Gasteiger partial charge in [-0.1, -0.05) is 13.3 Å². The van der Waals surface area contributed by atoms with Gasteiger partial charge in [-0.3, -0.25) is 4.90 Å². The van der Waals surface area contributed by atoms with Crippen LogP contribution in [0.4, 0.5) is 0 Å². The molecule has 0 amide bonds. The Kier molecular flexibility index (Phi) is 4.63. The molecular weight excluding hydrogens is 212 g/mol. The minimum absolute atomic E-state index is 0.264. The lowest BCUT2D eigenvalue weighted by molar-refractivity contribution is 0.183. The maximum Gasteiger partial charge on any atom is 0.122 e. The number of furan rings is 1. The molecule has 2 atom stereocenters. The number of hydrogen-bond acceptors (Lipinski definition) is 3. The first-order chi connectivity index (χ1) is 8.35. The average Bonchev–Trinajstić information content (AvgIpc) is 2.76. The van der Waals surface area contributed by atoms with Gasteiger partial charge >= 0.3 is 0 Å². The normalized spacial score (nSPS) is 24.5. The van der Waals surface area contributed by atoms with E-state index < -0.39 is 0 Å². The lowest BCUT2D eigenvalue weighted by Gasteiger charge is -2.28. The molecule has 1 aliphatic heterocycles. The molecule has 1 aliphatic rings. The second-order valence-electron chi connectivity index (χ2n) is 5.01. The van der Waals surface area contributed by atoms with Crippen LogP contribution in [0.5, 0.6) is 0 Å². The van der Waals surface area contributed by atoms with Gasteiger partial charge in [0.15, 0.2) is 0 Å². The van der Waals surface area contributed by atoms with Crippen molar-refractivity contribution in [3.8, 4) is 0 Å². The van der Waals surface area contributed by atoms with E-state index in [2.05, 4.69) is 11.8 Å². The molecule has 0 aliphatic carbocycles. The summed E-state index contributed by atoms with van der Waals surface area (Å²) in [7, 11) is 0. The van der Waals surface area contributed by atoms with Crippen molar-refractivity contribution in [1.82, 2.24) is 4.90 Å². The summed E-state index contributed by atoms with van der Waals surface area (Å²) in [6.45, 7) is 5.25. The van der Waals surface area contributed by atoms with E-state index in [9.17, 15) is 0 Å². The fourth-order valence-electron chi connectivity index (χ4n) is 2.83. The summed E-state index contributed by atoms with van der Waals surface area (Å²) in [6, 6.07) is 4.25. The van der Waals surface area contributed by atoms with Gasteiger partial charge in [0.25, 0.3) is 0 Å². The Morgan fingerprint density at radius 3 is 3.00 bits per heavy atom. The molecule has 0 saturated carbocycles. The van der Waals surface area contributed by atoms with Gasteiger partial charge < -0.3 is 10.2 Å². The van der Waals surface area contributed by atoms with Crippen LogP contribution in [0.15, 0.2) is 22.8 Å². The van der Waals surface area contributed by atoms with Crippen LogP contribution in [0.25, 0.3) is 0 Å². The molecular formula is C14H24N2O. The summed E-state index contributed by atoms with van der Waals surface area (Å²) < 4.78 is 5.51. The number of likely N-dealkylation sites (tertiary alicyclic amines) is 1. The van der Waals surface area contributed by atoms with Crippen molar-refractivity contribution in [3.63, 3.8) is 0 Å². The predicted octanol–water partition coefficient (Wildman–Crippen LogP) is 2.79. The van der Waals surface area contributed by atoms with Crippen molar-refractivity contribution in [2.75, 3.05) is 19.6 Å². The summed E-state index contributed by atoms with van der Waals surface area (Å²) in [5, 5.41) is 0. The summed E-state index contributed by atoms with van der Waals surface area (Å²) in [6.07, 6.45) is 7.00. The van der Waals surface area contributed by atoms with E-state index in [0.29, 0.717) is 6.54 Å². The molecule has 3 nitrogen and oxygen atoms in total. The molecule has 2 heterocycles. The summed E-state index contributed by atoms with van der Waals surface area (Å²) in [5.74, 6) is 1.91. The molecule has 2 N–H and O–H groups in total. The van der Waals surface area contributed by atoms with E-state index in [0.717, 1.165) is 24.8 Å². The zero-order valence-corrected chi connectivity index (χ0v) is 10.8. The first-order valence-electron chi connectivity index (χ1n) is 6.82. The first-order valence-corrected chi connectivity index (χ1v) is 6.82. The molecule has 96 valence electrons. The Bertz CT molecular complexity index is 310. The molecule has 1 aromatic heterocycles. The van der Waals surface area contributed by atoms with Gasteiger partial charge in [0.05, 0.1) is 12.3 Å². The highest BCUT2D eigenvalue weighted by molar-refractivity contribution is 5.05. The fraction of sp³-hybridized carbons (Fsp3) is 0.714. The number of nitrogens with zero attached hydrogens (tertiary/aromatic N) is 1. The Balaban J connectivity index is 2.00. The lowest BCUT2D eigenvalue weighted by atomic mass is 9.98. The van der Waals surface area contributed by atoms with Crippen LogP contribution in [0, 0.1) is 5.92 Å². The first kappa shape index (κ1) is 12.7. The zero-order chi connectivity index (χ0) is 12.1. The van der Waals surface area contributed by atoms with E-state index in [-0.39, 0.29) is 6.04 Å². The minimum atomic E-state index is 0.264. The molecule has 1 aromatic rings. The van der Waals surface area contributed by atoms with Crippen LogP contribution in [-0.2, 0) is 0 Å². The SMILES string of the molecule is CCC1CCCN(C(CN)c2ccco2)CC1. The van der Waals surface area contributed by atoms with E-state index in [1.807, 2.05) is 12.1 Å². The molecule has 2 unspecified atom stereocenters. The summed E-state index contributed by atoms with van der Waals surface area (Å²) in [5.41, 5.74) is 5.91. The molecule has 2 rings (SSSR count). The van der Waals surface area contributed by atoms with E-state index in [4.69, 9.17) is 10.2 Å². The van der Waals surface area contributed by atoms with Gasteiger partial charge in [-0.05, 0) is 50.4 Å². The van der Waals surface area contributed by atoms with E-state index in [1.54, 1.807) is 6.26 Å². The summed E-state index contributed by atoms with van der Waals surface area (Å²) in [4.78, 5) is 2.49. The molecule has 0 bridgehead atoms. The van der Waals surface area contributed by atoms with Gasteiger partial charge in [-0.25, -0.2) is 0 Å². The van der Waals surface area contributed by atoms with Crippen LogP contribution in [-0.4, -0.2) is 24.5 Å². The number of nitrogens with two attached hydrogens (primary N) is 1. The number of hydrogen-bond donors (Lipinski definition) is 1. The summed E-state index contributed by atoms with van der Waals surface area (Å²) >= 11 is 0. The fourth-order valence-corrected chi connectivity index (χ4v) is 2.83. The topological polar surface area (TPSA) is 42.4 Å². The van der Waals surface area contributed by atoms with Crippen molar-refractivity contribution in [1.29, 1.82) is 0 Å². The highest BCUT2D eigenvalue weighted by Crippen LogP contribution is 2.26. The van der Waals surface area contributed by atoms with E-state index >= 15 is 0 Å². The Labute approximate surface area is 104 Å². The van der Waals surface area contributed by atoms with E-state index in [1.165, 1.54) is 25.7 Å². The molecule has 1 saturated heterocycles. The number of rotatable bonds is 4. The average molecular weight is 236 g/mol. The monoisotopic (exact) mass is 236 g/mol. The van der Waals surface area contributed by atoms with Gasteiger partial charge in [-0.15, -0.1) is 0 Å². The third-order valence-electron chi connectivity index (χ3n) is 4.00. The maximum atomic E-state index is 5.91. The molecule has 0 radical (unpaired) electrons. The van der Waals surface area contributed by atoms with Crippen LogP contribution < -0.4 is 5.73 Å². The molecule has 3 heteroatoms. The molecule has 0 spiro atoms. The lowest BCUT2D eigenvalue weighted by Crippen LogP contribution is -2.34. The van der Waals surface area contributed by atoms with Gasteiger partial charge in [-0.2, -0.15) is 0 Å². The highest BCUT2D eigenvalue weighted by atomic mass is 16.3. The van der Waals surface area contributed by atoms with Crippen LogP contribution in [0.3, 0.4) is 0 Å². The Morgan fingerprint density at radius 2 is 2.35 bits per heavy atom.